The number of nitrogens with one attached hydrogen (secondary N) is 1. The molecule has 3 atom stereocenters. The summed E-state index contributed by atoms with van der Waals surface area (Å²) in [5, 5.41) is 4.00. The summed E-state index contributed by atoms with van der Waals surface area (Å²) in [6.07, 6.45) is 17.6. The van der Waals surface area contributed by atoms with Gasteiger partial charge in [0.25, 0.3) is 0 Å². The Morgan fingerprint density at radius 3 is 2.15 bits per heavy atom. The van der Waals surface area contributed by atoms with Gasteiger partial charge < -0.3 is 5.32 Å². The molecule has 1 nitrogen and oxygen atoms in total. The van der Waals surface area contributed by atoms with Crippen LogP contribution in [0, 0.1) is 17.8 Å². The minimum atomic E-state index is 0.832. The largest absolute Gasteiger partial charge is 0.313 e. The van der Waals surface area contributed by atoms with Gasteiger partial charge in [0.1, 0.15) is 0 Å². The van der Waals surface area contributed by atoms with Crippen molar-refractivity contribution in [2.24, 2.45) is 17.8 Å². The fraction of sp³-hybridized carbons (Fsp3) is 1.00. The fourth-order valence-electron chi connectivity index (χ4n) is 4.86. The van der Waals surface area contributed by atoms with Gasteiger partial charge in [0.15, 0.2) is 0 Å². The van der Waals surface area contributed by atoms with Gasteiger partial charge in [0, 0.05) is 6.04 Å². The van der Waals surface area contributed by atoms with Gasteiger partial charge >= 0.3 is 0 Å². The number of rotatable bonds is 6. The van der Waals surface area contributed by atoms with Gasteiger partial charge in [-0.05, 0) is 50.0 Å². The van der Waals surface area contributed by atoms with E-state index >= 15 is 0 Å². The Hall–Kier alpha value is -0.0400. The third kappa shape index (κ3) is 4.48. The van der Waals surface area contributed by atoms with Crippen LogP contribution in [0.1, 0.15) is 90.9 Å². The summed E-state index contributed by atoms with van der Waals surface area (Å²) in [6, 6.07) is 0.832. The van der Waals surface area contributed by atoms with Crippen molar-refractivity contribution in [3.05, 3.63) is 0 Å². The smallest absolute Gasteiger partial charge is 0.0126 e. The van der Waals surface area contributed by atoms with E-state index in [1.807, 2.05) is 0 Å². The van der Waals surface area contributed by atoms with E-state index in [1.165, 1.54) is 83.6 Å². The monoisotopic (exact) mass is 279 g/mol. The number of hydrogen-bond donors (Lipinski definition) is 1. The second-order valence-corrected chi connectivity index (χ2v) is 7.35. The Morgan fingerprint density at radius 1 is 0.850 bits per heavy atom. The molecule has 0 aromatic heterocycles. The molecule has 0 aromatic carbocycles. The van der Waals surface area contributed by atoms with Gasteiger partial charge in [0.2, 0.25) is 0 Å². The highest BCUT2D eigenvalue weighted by atomic mass is 14.9. The average Bonchev–Trinajstić information content (AvgIpc) is 2.77. The molecule has 0 aromatic rings. The minimum Gasteiger partial charge on any atom is -0.313 e. The summed E-state index contributed by atoms with van der Waals surface area (Å²) in [5.41, 5.74) is 0. The molecule has 0 spiro atoms. The fourth-order valence-corrected chi connectivity index (χ4v) is 4.86. The molecule has 2 fully saturated rings. The highest BCUT2D eigenvalue weighted by Crippen LogP contribution is 2.39. The maximum absolute atomic E-state index is 4.00. The van der Waals surface area contributed by atoms with Crippen LogP contribution in [0.4, 0.5) is 0 Å². The van der Waals surface area contributed by atoms with E-state index in [1.54, 1.807) is 0 Å². The van der Waals surface area contributed by atoms with Crippen molar-refractivity contribution in [1.29, 1.82) is 0 Å². The van der Waals surface area contributed by atoms with Crippen LogP contribution in [-0.4, -0.2) is 12.6 Å². The second-order valence-electron chi connectivity index (χ2n) is 7.35. The van der Waals surface area contributed by atoms with E-state index in [0.717, 1.165) is 23.8 Å². The molecule has 0 aliphatic heterocycles. The molecule has 0 saturated heterocycles. The van der Waals surface area contributed by atoms with Gasteiger partial charge in [-0.15, -0.1) is 0 Å². The first-order valence-electron chi connectivity index (χ1n) is 9.60. The molecule has 20 heavy (non-hydrogen) atoms. The second kappa shape index (κ2) is 9.07. The molecule has 1 N–H and O–H groups in total. The minimum absolute atomic E-state index is 0.832. The molecule has 0 radical (unpaired) electrons. The molecule has 0 amide bonds. The van der Waals surface area contributed by atoms with Crippen LogP contribution in [-0.2, 0) is 0 Å². The Kier molecular flexibility index (Phi) is 7.41. The zero-order chi connectivity index (χ0) is 14.2. The predicted molar refractivity (Wildman–Crippen MR) is 89.0 cm³/mol. The van der Waals surface area contributed by atoms with E-state index in [0.29, 0.717) is 0 Å². The first kappa shape index (κ1) is 16.3. The van der Waals surface area contributed by atoms with Crippen LogP contribution in [0.3, 0.4) is 0 Å². The van der Waals surface area contributed by atoms with Crippen LogP contribution in [0.15, 0.2) is 0 Å². The zero-order valence-corrected chi connectivity index (χ0v) is 14.0. The van der Waals surface area contributed by atoms with Gasteiger partial charge in [-0.3, -0.25) is 0 Å². The highest BCUT2D eigenvalue weighted by molar-refractivity contribution is 4.89. The lowest BCUT2D eigenvalue weighted by Gasteiger charge is -2.41. The van der Waals surface area contributed by atoms with Crippen molar-refractivity contribution in [2.75, 3.05) is 6.54 Å². The Labute approximate surface area is 127 Å². The third-order valence-corrected chi connectivity index (χ3v) is 5.99. The molecular formula is C19H37N. The maximum Gasteiger partial charge on any atom is 0.0126 e. The molecule has 0 heterocycles. The van der Waals surface area contributed by atoms with Crippen molar-refractivity contribution in [1.82, 2.24) is 5.32 Å². The lowest BCUT2D eigenvalue weighted by atomic mass is 9.69. The van der Waals surface area contributed by atoms with Crippen LogP contribution < -0.4 is 5.32 Å². The van der Waals surface area contributed by atoms with Crippen molar-refractivity contribution in [3.8, 4) is 0 Å². The lowest BCUT2D eigenvalue weighted by Crippen LogP contribution is -2.46. The van der Waals surface area contributed by atoms with Crippen LogP contribution in [0.25, 0.3) is 0 Å². The lowest BCUT2D eigenvalue weighted by molar-refractivity contribution is 0.129. The third-order valence-electron chi connectivity index (χ3n) is 5.99. The summed E-state index contributed by atoms with van der Waals surface area (Å²) in [6.45, 7) is 5.97. The highest BCUT2D eigenvalue weighted by Gasteiger charge is 2.34. The molecule has 1 heteroatoms. The number of hydrogen-bond acceptors (Lipinski definition) is 1. The molecule has 2 saturated carbocycles. The maximum atomic E-state index is 4.00. The van der Waals surface area contributed by atoms with E-state index in [2.05, 4.69) is 19.2 Å². The Bertz CT molecular complexity index is 242. The van der Waals surface area contributed by atoms with E-state index in [-0.39, 0.29) is 0 Å². The van der Waals surface area contributed by atoms with Crippen LogP contribution >= 0.6 is 0 Å². The Balaban J connectivity index is 2.03. The standard InChI is InChI=1S/C19H37N/c1-3-15-20-19(17-12-7-5-6-8-13-17)18-14-10-9-11-16(18)4-2/h16-20H,3-15H2,1-2H3. The summed E-state index contributed by atoms with van der Waals surface area (Å²) in [4.78, 5) is 0. The molecule has 2 aliphatic carbocycles. The van der Waals surface area contributed by atoms with Crippen molar-refractivity contribution < 1.29 is 0 Å². The normalized spacial score (nSPS) is 30.9. The van der Waals surface area contributed by atoms with Crippen molar-refractivity contribution in [2.45, 2.75) is 96.9 Å². The molecule has 2 aliphatic rings. The van der Waals surface area contributed by atoms with Crippen LogP contribution in [0.2, 0.25) is 0 Å². The van der Waals surface area contributed by atoms with Crippen molar-refractivity contribution >= 4 is 0 Å². The van der Waals surface area contributed by atoms with Gasteiger partial charge in [-0.1, -0.05) is 65.2 Å². The molecule has 3 unspecified atom stereocenters. The quantitative estimate of drug-likeness (QED) is 0.629. The zero-order valence-electron chi connectivity index (χ0n) is 14.0. The first-order chi connectivity index (χ1) is 9.86. The van der Waals surface area contributed by atoms with E-state index < -0.39 is 0 Å². The average molecular weight is 280 g/mol. The van der Waals surface area contributed by atoms with E-state index in [4.69, 9.17) is 0 Å². The summed E-state index contributed by atoms with van der Waals surface area (Å²) < 4.78 is 0. The summed E-state index contributed by atoms with van der Waals surface area (Å²) in [7, 11) is 0. The SMILES string of the molecule is CCCNC(C1CCCCCC1)C1CCCCC1CC. The summed E-state index contributed by atoms with van der Waals surface area (Å²) >= 11 is 0. The van der Waals surface area contributed by atoms with Crippen LogP contribution in [0.5, 0.6) is 0 Å². The Morgan fingerprint density at radius 2 is 1.50 bits per heavy atom. The molecule has 0 bridgehead atoms. The van der Waals surface area contributed by atoms with Gasteiger partial charge in [-0.2, -0.15) is 0 Å². The first-order valence-corrected chi connectivity index (χ1v) is 9.60. The van der Waals surface area contributed by atoms with E-state index in [9.17, 15) is 0 Å². The summed E-state index contributed by atoms with van der Waals surface area (Å²) in [5.74, 6) is 2.95. The molecule has 118 valence electrons. The molecule has 2 rings (SSSR count). The topological polar surface area (TPSA) is 12.0 Å². The van der Waals surface area contributed by atoms with Gasteiger partial charge in [-0.25, -0.2) is 0 Å². The van der Waals surface area contributed by atoms with Gasteiger partial charge in [0.05, 0.1) is 0 Å². The van der Waals surface area contributed by atoms with Crippen molar-refractivity contribution in [3.63, 3.8) is 0 Å². The predicted octanol–water partition coefficient (Wildman–Crippen LogP) is 5.54. The molecular weight excluding hydrogens is 242 g/mol.